The highest BCUT2D eigenvalue weighted by molar-refractivity contribution is 5.79. The largest absolute Gasteiger partial charge is 0.496 e. The normalized spacial score (nSPS) is 13.3. The maximum atomic E-state index is 13.6. The molecule has 0 amide bonds. The lowest BCUT2D eigenvalue weighted by Crippen LogP contribution is -2.29. The second kappa shape index (κ2) is 8.77. The summed E-state index contributed by atoms with van der Waals surface area (Å²) >= 11 is 0. The number of methoxy groups -OCH3 is 1. The van der Waals surface area contributed by atoms with E-state index >= 15 is 0 Å². The molecule has 0 spiro atoms. The summed E-state index contributed by atoms with van der Waals surface area (Å²) < 4.78 is 18.9. The average molecular weight is 343 g/mol. The Morgan fingerprint density at radius 3 is 2.48 bits per heavy atom. The molecule has 2 atom stereocenters. The minimum absolute atomic E-state index is 0.0734. The van der Waals surface area contributed by atoms with Gasteiger partial charge in [-0.05, 0) is 41.7 Å². The lowest BCUT2D eigenvalue weighted by Gasteiger charge is -2.20. The number of ketones is 1. The van der Waals surface area contributed by atoms with Gasteiger partial charge >= 0.3 is 0 Å². The quantitative estimate of drug-likeness (QED) is 0.756. The van der Waals surface area contributed by atoms with Crippen LogP contribution < -0.4 is 10.5 Å². The van der Waals surface area contributed by atoms with Crippen LogP contribution in [0.2, 0.25) is 0 Å². The third-order valence-corrected chi connectivity index (χ3v) is 4.54. The highest BCUT2D eigenvalue weighted by atomic mass is 19.1. The van der Waals surface area contributed by atoms with E-state index in [-0.39, 0.29) is 23.6 Å². The molecular formula is C21H26FNO2. The van der Waals surface area contributed by atoms with Crippen LogP contribution in [0.25, 0.3) is 11.1 Å². The molecule has 0 radical (unpaired) electrons. The van der Waals surface area contributed by atoms with Gasteiger partial charge in [-0.1, -0.05) is 38.1 Å². The molecule has 0 heterocycles. The van der Waals surface area contributed by atoms with Crippen LogP contribution in [0, 0.1) is 5.82 Å². The summed E-state index contributed by atoms with van der Waals surface area (Å²) in [4.78, 5) is 11.8. The molecule has 3 nitrogen and oxygen atoms in total. The van der Waals surface area contributed by atoms with Crippen molar-refractivity contribution in [1.82, 2.24) is 0 Å². The van der Waals surface area contributed by atoms with Crippen molar-refractivity contribution in [2.45, 2.75) is 45.1 Å². The smallest absolute Gasteiger partial charge is 0.134 e. The maximum absolute atomic E-state index is 13.6. The van der Waals surface area contributed by atoms with Crippen molar-refractivity contribution >= 4 is 5.78 Å². The number of carbonyl (C=O) groups is 1. The molecule has 0 aliphatic carbocycles. The van der Waals surface area contributed by atoms with Gasteiger partial charge in [0.25, 0.3) is 0 Å². The number of nitrogens with two attached hydrogens (primary N) is 1. The number of ether oxygens (including phenoxy) is 1. The Labute approximate surface area is 149 Å². The molecule has 134 valence electrons. The Morgan fingerprint density at radius 1 is 1.20 bits per heavy atom. The van der Waals surface area contributed by atoms with Crippen molar-refractivity contribution in [2.75, 3.05) is 7.11 Å². The van der Waals surface area contributed by atoms with Gasteiger partial charge in [-0.15, -0.1) is 0 Å². The Hall–Kier alpha value is -2.20. The molecule has 0 aliphatic heterocycles. The number of carbonyl (C=O) groups excluding carboxylic acids is 1. The summed E-state index contributed by atoms with van der Waals surface area (Å²) in [5, 5.41) is 0. The summed E-state index contributed by atoms with van der Waals surface area (Å²) in [5.41, 5.74) is 8.86. The highest BCUT2D eigenvalue weighted by Crippen LogP contribution is 2.32. The first-order valence-corrected chi connectivity index (χ1v) is 8.67. The fourth-order valence-electron chi connectivity index (χ4n) is 2.94. The molecule has 2 N–H and O–H groups in total. The van der Waals surface area contributed by atoms with E-state index in [0.29, 0.717) is 24.2 Å². The maximum Gasteiger partial charge on any atom is 0.134 e. The van der Waals surface area contributed by atoms with E-state index in [1.165, 1.54) is 12.1 Å². The average Bonchev–Trinajstić information content (AvgIpc) is 2.61. The van der Waals surface area contributed by atoms with E-state index in [4.69, 9.17) is 10.5 Å². The van der Waals surface area contributed by atoms with Gasteiger partial charge in [0.15, 0.2) is 0 Å². The number of hydrogen-bond donors (Lipinski definition) is 1. The fraction of sp³-hybridized carbons (Fsp3) is 0.381. The molecular weight excluding hydrogens is 317 g/mol. The van der Waals surface area contributed by atoms with Crippen LogP contribution in [0.4, 0.5) is 4.39 Å². The molecule has 2 aromatic rings. The van der Waals surface area contributed by atoms with E-state index in [2.05, 4.69) is 0 Å². The number of rotatable bonds is 8. The van der Waals surface area contributed by atoms with Crippen molar-refractivity contribution in [1.29, 1.82) is 0 Å². The van der Waals surface area contributed by atoms with E-state index in [1.807, 2.05) is 38.1 Å². The van der Waals surface area contributed by atoms with Crippen molar-refractivity contribution in [3.8, 4) is 16.9 Å². The number of Topliss-reactive ketones (excluding diaryl/α,β-unsaturated/α-hetero) is 1. The molecule has 25 heavy (non-hydrogen) atoms. The highest BCUT2D eigenvalue weighted by Gasteiger charge is 2.18. The fourth-order valence-corrected chi connectivity index (χ4v) is 2.94. The zero-order chi connectivity index (χ0) is 18.4. The third kappa shape index (κ3) is 4.89. The molecule has 0 fully saturated rings. The molecule has 2 aromatic carbocycles. The lowest BCUT2D eigenvalue weighted by atomic mass is 9.89. The summed E-state index contributed by atoms with van der Waals surface area (Å²) in [7, 11) is 1.57. The monoisotopic (exact) mass is 343 g/mol. The summed E-state index contributed by atoms with van der Waals surface area (Å²) in [6, 6.07) is 12.1. The molecule has 0 aromatic heterocycles. The van der Waals surface area contributed by atoms with Crippen molar-refractivity contribution in [2.24, 2.45) is 5.73 Å². The lowest BCUT2D eigenvalue weighted by molar-refractivity contribution is -0.119. The summed E-state index contributed by atoms with van der Waals surface area (Å²) in [6.45, 7) is 4.02. The first-order valence-electron chi connectivity index (χ1n) is 8.67. The zero-order valence-corrected chi connectivity index (χ0v) is 15.1. The van der Waals surface area contributed by atoms with Gasteiger partial charge in [-0.2, -0.15) is 0 Å². The van der Waals surface area contributed by atoms with Crippen molar-refractivity contribution < 1.29 is 13.9 Å². The van der Waals surface area contributed by atoms with E-state index in [0.717, 1.165) is 17.5 Å². The van der Waals surface area contributed by atoms with Gasteiger partial charge in [-0.25, -0.2) is 4.39 Å². The van der Waals surface area contributed by atoms with Crippen LogP contribution in [0.3, 0.4) is 0 Å². The van der Waals surface area contributed by atoms with Gasteiger partial charge in [0.05, 0.1) is 7.11 Å². The number of halogens is 1. The van der Waals surface area contributed by atoms with E-state index in [9.17, 15) is 9.18 Å². The SMILES string of the molecule is CCCC(=O)CC(N)C(C)c1ccc(-c2cc(F)ccc2OC)cc1. The Morgan fingerprint density at radius 2 is 1.88 bits per heavy atom. The standard InChI is InChI=1S/C21H26FNO2/c1-4-5-18(24)13-20(23)14(2)15-6-8-16(9-7-15)19-12-17(22)10-11-21(19)25-3/h6-12,14,20H,4-5,13,23H2,1-3H3. The van der Waals surface area contributed by atoms with Crippen LogP contribution in [0.1, 0.15) is 44.6 Å². The molecule has 2 unspecified atom stereocenters. The van der Waals surface area contributed by atoms with Gasteiger partial charge in [0.1, 0.15) is 17.3 Å². The zero-order valence-electron chi connectivity index (χ0n) is 15.1. The minimum Gasteiger partial charge on any atom is -0.496 e. The van der Waals surface area contributed by atoms with Gasteiger partial charge in [0, 0.05) is 24.4 Å². The topological polar surface area (TPSA) is 52.3 Å². The predicted octanol–water partition coefficient (Wildman–Crippen LogP) is 4.69. The number of benzene rings is 2. The van der Waals surface area contributed by atoms with Gasteiger partial charge in [-0.3, -0.25) is 4.79 Å². The molecule has 4 heteroatoms. The molecule has 0 bridgehead atoms. The van der Waals surface area contributed by atoms with Crippen molar-refractivity contribution in [3.63, 3.8) is 0 Å². The van der Waals surface area contributed by atoms with Gasteiger partial charge < -0.3 is 10.5 Å². The molecule has 0 aliphatic rings. The second-order valence-electron chi connectivity index (χ2n) is 6.41. The van der Waals surface area contributed by atoms with Crippen LogP contribution in [-0.2, 0) is 4.79 Å². The Kier molecular flexibility index (Phi) is 6.71. The summed E-state index contributed by atoms with van der Waals surface area (Å²) in [6.07, 6.45) is 1.83. The Balaban J connectivity index is 2.17. The van der Waals surface area contributed by atoms with E-state index in [1.54, 1.807) is 13.2 Å². The first kappa shape index (κ1) is 19.1. The third-order valence-electron chi connectivity index (χ3n) is 4.54. The minimum atomic E-state index is -0.301. The number of hydrogen-bond acceptors (Lipinski definition) is 3. The van der Waals surface area contributed by atoms with Crippen LogP contribution in [0.5, 0.6) is 5.75 Å². The van der Waals surface area contributed by atoms with Gasteiger partial charge in [0.2, 0.25) is 0 Å². The first-order chi connectivity index (χ1) is 12.0. The Bertz CT molecular complexity index is 712. The second-order valence-corrected chi connectivity index (χ2v) is 6.41. The molecule has 2 rings (SSSR count). The van der Waals surface area contributed by atoms with Crippen LogP contribution >= 0.6 is 0 Å². The van der Waals surface area contributed by atoms with Crippen molar-refractivity contribution in [3.05, 3.63) is 53.8 Å². The van der Waals surface area contributed by atoms with E-state index < -0.39 is 0 Å². The van der Waals surface area contributed by atoms with Crippen LogP contribution in [0.15, 0.2) is 42.5 Å². The summed E-state index contributed by atoms with van der Waals surface area (Å²) in [5.74, 6) is 0.612. The molecule has 0 saturated carbocycles. The van der Waals surface area contributed by atoms with Crippen LogP contribution in [-0.4, -0.2) is 18.9 Å². The molecule has 0 saturated heterocycles. The predicted molar refractivity (Wildman–Crippen MR) is 99.3 cm³/mol.